The number of nitrogens with one attached hydrogen (secondary N) is 1. The van der Waals surface area contributed by atoms with Gasteiger partial charge in [-0.3, -0.25) is 4.79 Å². The second kappa shape index (κ2) is 7.77. The third-order valence-electron chi connectivity index (χ3n) is 4.97. The molecule has 1 aliphatic heterocycles. The Labute approximate surface area is 173 Å². The SMILES string of the molecule is CC[C@@H]1CN(c2cc(=O)[nH]c3cc(Br)nn23)[C@@H](CC)CN1C(=O)OC(C)(C)C. The fraction of sp³-hybridized carbons (Fsp3) is 0.632. The molecule has 0 radical (unpaired) electrons. The second-order valence-electron chi connectivity index (χ2n) is 8.17. The van der Waals surface area contributed by atoms with Crippen LogP contribution >= 0.6 is 15.9 Å². The maximum Gasteiger partial charge on any atom is 0.410 e. The molecule has 0 bridgehead atoms. The molecule has 0 aromatic carbocycles. The predicted molar refractivity (Wildman–Crippen MR) is 112 cm³/mol. The summed E-state index contributed by atoms with van der Waals surface area (Å²) in [6, 6.07) is 3.40. The number of anilines is 1. The number of piperazine rings is 1. The number of nitrogens with zero attached hydrogens (tertiary/aromatic N) is 4. The fourth-order valence-electron chi connectivity index (χ4n) is 3.63. The fourth-order valence-corrected chi connectivity index (χ4v) is 4.01. The van der Waals surface area contributed by atoms with Crippen LogP contribution in [-0.2, 0) is 4.74 Å². The molecule has 1 saturated heterocycles. The van der Waals surface area contributed by atoms with E-state index in [1.165, 1.54) is 0 Å². The summed E-state index contributed by atoms with van der Waals surface area (Å²) in [6.07, 6.45) is 1.34. The quantitative estimate of drug-likeness (QED) is 0.769. The Morgan fingerprint density at radius 3 is 2.54 bits per heavy atom. The highest BCUT2D eigenvalue weighted by Gasteiger charge is 2.38. The summed E-state index contributed by atoms with van der Waals surface area (Å²) in [5.41, 5.74) is -0.0757. The first kappa shape index (κ1) is 20.7. The van der Waals surface area contributed by atoms with Crippen molar-refractivity contribution >= 4 is 33.5 Å². The molecule has 0 saturated carbocycles. The summed E-state index contributed by atoms with van der Waals surface area (Å²) in [4.78, 5) is 31.8. The standard InChI is InChI=1S/C19H28BrN5O3/c1-6-12-11-24(18(27)28-19(3,4)5)13(7-2)10-23(12)17-9-16(26)21-15-8-14(20)22-25(15)17/h8-9,12-13H,6-7,10-11H2,1-5H3,(H,21,26)/t12-,13+/m0/s1. The van der Waals surface area contributed by atoms with E-state index in [1.54, 1.807) is 16.6 Å². The van der Waals surface area contributed by atoms with Gasteiger partial charge in [0.2, 0.25) is 0 Å². The van der Waals surface area contributed by atoms with Crippen molar-refractivity contribution in [3.05, 3.63) is 27.1 Å². The molecule has 1 aliphatic rings. The Bertz CT molecular complexity index is 916. The summed E-state index contributed by atoms with van der Waals surface area (Å²) >= 11 is 3.38. The van der Waals surface area contributed by atoms with E-state index in [1.807, 2.05) is 25.7 Å². The van der Waals surface area contributed by atoms with E-state index < -0.39 is 5.60 Å². The first-order chi connectivity index (χ1) is 13.1. The van der Waals surface area contributed by atoms with Crippen LogP contribution < -0.4 is 10.5 Å². The zero-order valence-corrected chi connectivity index (χ0v) is 18.6. The minimum absolute atomic E-state index is 0.00834. The number of hydrogen-bond donors (Lipinski definition) is 1. The van der Waals surface area contributed by atoms with Gasteiger partial charge in [0.25, 0.3) is 5.56 Å². The first-order valence-electron chi connectivity index (χ1n) is 9.67. The highest BCUT2D eigenvalue weighted by molar-refractivity contribution is 9.10. The number of ether oxygens (including phenoxy) is 1. The molecule has 28 heavy (non-hydrogen) atoms. The van der Waals surface area contributed by atoms with Crippen molar-refractivity contribution in [1.29, 1.82) is 0 Å². The zero-order chi connectivity index (χ0) is 20.6. The van der Waals surface area contributed by atoms with Crippen molar-refractivity contribution in [2.24, 2.45) is 0 Å². The number of carbonyl (C=O) groups is 1. The van der Waals surface area contributed by atoms with Crippen molar-refractivity contribution in [3.8, 4) is 0 Å². The van der Waals surface area contributed by atoms with Crippen LogP contribution in [0.1, 0.15) is 47.5 Å². The van der Waals surface area contributed by atoms with Gasteiger partial charge in [0.15, 0.2) is 0 Å². The van der Waals surface area contributed by atoms with Crippen molar-refractivity contribution in [3.63, 3.8) is 0 Å². The molecule has 0 unspecified atom stereocenters. The van der Waals surface area contributed by atoms with Crippen LogP contribution in [0.15, 0.2) is 21.5 Å². The molecule has 1 N–H and O–H groups in total. The van der Waals surface area contributed by atoms with Gasteiger partial charge in [-0.05, 0) is 49.5 Å². The topological polar surface area (TPSA) is 82.9 Å². The number of hydrogen-bond acceptors (Lipinski definition) is 5. The van der Waals surface area contributed by atoms with E-state index >= 15 is 0 Å². The van der Waals surface area contributed by atoms with Gasteiger partial charge < -0.3 is 19.5 Å². The summed E-state index contributed by atoms with van der Waals surface area (Å²) in [7, 11) is 0. The Morgan fingerprint density at radius 1 is 1.25 bits per heavy atom. The molecule has 2 aromatic heterocycles. The largest absolute Gasteiger partial charge is 0.444 e. The van der Waals surface area contributed by atoms with E-state index in [4.69, 9.17) is 4.74 Å². The molecule has 2 atom stereocenters. The predicted octanol–water partition coefficient (Wildman–Crippen LogP) is 3.40. The van der Waals surface area contributed by atoms with E-state index in [9.17, 15) is 9.59 Å². The van der Waals surface area contributed by atoms with E-state index in [0.717, 1.165) is 18.7 Å². The van der Waals surface area contributed by atoms with Crippen LogP contribution in [0.25, 0.3) is 5.65 Å². The highest BCUT2D eigenvalue weighted by Crippen LogP contribution is 2.27. The molecule has 0 aliphatic carbocycles. The van der Waals surface area contributed by atoms with Crippen LogP contribution in [-0.4, -0.2) is 56.4 Å². The lowest BCUT2D eigenvalue weighted by Gasteiger charge is -2.46. The number of halogens is 1. The molecule has 9 heteroatoms. The summed E-state index contributed by atoms with van der Waals surface area (Å²) in [5, 5.41) is 4.47. The summed E-state index contributed by atoms with van der Waals surface area (Å²) in [5.74, 6) is 0.735. The van der Waals surface area contributed by atoms with Gasteiger partial charge in [-0.25, -0.2) is 4.79 Å². The number of fused-ring (bicyclic) bond motifs is 1. The molecule has 3 heterocycles. The molecule has 8 nitrogen and oxygen atoms in total. The van der Waals surface area contributed by atoms with Gasteiger partial charge in [0.1, 0.15) is 21.7 Å². The van der Waals surface area contributed by atoms with Crippen molar-refractivity contribution in [2.45, 2.75) is 65.1 Å². The number of carbonyl (C=O) groups excluding carboxylic acids is 1. The number of H-pyrrole nitrogens is 1. The normalized spacial score (nSPS) is 20.6. The Morgan fingerprint density at radius 2 is 1.93 bits per heavy atom. The second-order valence-corrected chi connectivity index (χ2v) is 8.98. The average Bonchev–Trinajstić information content (AvgIpc) is 2.98. The third kappa shape index (κ3) is 4.19. The van der Waals surface area contributed by atoms with E-state index in [-0.39, 0.29) is 23.7 Å². The molecule has 154 valence electrons. The van der Waals surface area contributed by atoms with Crippen molar-refractivity contribution < 1.29 is 9.53 Å². The number of rotatable bonds is 3. The van der Waals surface area contributed by atoms with Crippen LogP contribution in [0.5, 0.6) is 0 Å². The highest BCUT2D eigenvalue weighted by atomic mass is 79.9. The number of aromatic nitrogens is 3. The van der Waals surface area contributed by atoms with Crippen molar-refractivity contribution in [1.82, 2.24) is 19.5 Å². The maximum absolute atomic E-state index is 12.8. The number of amides is 1. The number of aromatic amines is 1. The molecular weight excluding hydrogens is 426 g/mol. The minimum Gasteiger partial charge on any atom is -0.444 e. The van der Waals surface area contributed by atoms with Crippen LogP contribution in [0.3, 0.4) is 0 Å². The maximum atomic E-state index is 12.8. The van der Waals surface area contributed by atoms with Crippen LogP contribution in [0.2, 0.25) is 0 Å². The van der Waals surface area contributed by atoms with Gasteiger partial charge in [-0.15, -0.1) is 0 Å². The first-order valence-corrected chi connectivity index (χ1v) is 10.5. The minimum atomic E-state index is -0.533. The monoisotopic (exact) mass is 453 g/mol. The third-order valence-corrected chi connectivity index (χ3v) is 5.36. The Kier molecular flexibility index (Phi) is 5.74. The van der Waals surface area contributed by atoms with Gasteiger partial charge in [0.05, 0.1) is 6.04 Å². The van der Waals surface area contributed by atoms with Crippen LogP contribution in [0.4, 0.5) is 10.6 Å². The van der Waals surface area contributed by atoms with E-state index in [2.05, 4.69) is 44.8 Å². The summed E-state index contributed by atoms with van der Waals surface area (Å²) in [6.45, 7) is 10.9. The average molecular weight is 454 g/mol. The van der Waals surface area contributed by atoms with Gasteiger partial charge in [-0.1, -0.05) is 13.8 Å². The lowest BCUT2D eigenvalue weighted by molar-refractivity contribution is 0.00978. The molecule has 1 amide bonds. The summed E-state index contributed by atoms with van der Waals surface area (Å²) < 4.78 is 8.02. The van der Waals surface area contributed by atoms with Gasteiger partial charge in [-0.2, -0.15) is 9.61 Å². The Balaban J connectivity index is 1.96. The van der Waals surface area contributed by atoms with Gasteiger partial charge >= 0.3 is 6.09 Å². The molecule has 2 aromatic rings. The smallest absolute Gasteiger partial charge is 0.410 e. The Hall–Kier alpha value is -2.03. The molecular formula is C19H28BrN5O3. The van der Waals surface area contributed by atoms with Gasteiger partial charge in [0, 0.05) is 31.3 Å². The van der Waals surface area contributed by atoms with Crippen molar-refractivity contribution in [2.75, 3.05) is 18.0 Å². The van der Waals surface area contributed by atoms with Crippen LogP contribution in [0, 0.1) is 0 Å². The molecule has 0 spiro atoms. The lowest BCUT2D eigenvalue weighted by Crippen LogP contribution is -2.60. The molecule has 1 fully saturated rings. The van der Waals surface area contributed by atoms with E-state index in [0.29, 0.717) is 23.3 Å². The zero-order valence-electron chi connectivity index (χ0n) is 17.0. The lowest BCUT2D eigenvalue weighted by atomic mass is 10.0. The molecule has 3 rings (SSSR count).